The molecule has 2 aliphatic rings. The lowest BCUT2D eigenvalue weighted by Crippen LogP contribution is -2.59. The number of rotatable bonds is 2. The fourth-order valence-electron chi connectivity index (χ4n) is 3.45. The molecule has 2 saturated heterocycles. The van der Waals surface area contributed by atoms with E-state index in [9.17, 15) is 19.8 Å². The minimum atomic E-state index is -1.07. The van der Waals surface area contributed by atoms with E-state index in [2.05, 4.69) is 0 Å². The molecule has 2 heterocycles. The van der Waals surface area contributed by atoms with Gasteiger partial charge in [-0.3, -0.25) is 0 Å². The first kappa shape index (κ1) is 15.1. The lowest BCUT2D eigenvalue weighted by molar-refractivity contribution is -0.148. The van der Waals surface area contributed by atoms with Crippen molar-refractivity contribution < 1.29 is 19.8 Å². The van der Waals surface area contributed by atoms with Crippen molar-refractivity contribution in [1.29, 1.82) is 0 Å². The highest BCUT2D eigenvalue weighted by atomic mass is 16.4. The SMILES string of the molecule is CCC1(C(=O)O)CCCN1C(=O)N1CCCC(C)(O)C1. The summed E-state index contributed by atoms with van der Waals surface area (Å²) in [7, 11) is 0. The van der Waals surface area contributed by atoms with Crippen molar-refractivity contribution in [2.24, 2.45) is 0 Å². The van der Waals surface area contributed by atoms with Gasteiger partial charge in [-0.15, -0.1) is 0 Å². The minimum Gasteiger partial charge on any atom is -0.479 e. The summed E-state index contributed by atoms with van der Waals surface area (Å²) in [5, 5.41) is 19.6. The second-order valence-electron chi connectivity index (χ2n) is 6.25. The van der Waals surface area contributed by atoms with E-state index >= 15 is 0 Å². The van der Waals surface area contributed by atoms with Crippen LogP contribution in [0.2, 0.25) is 0 Å². The Morgan fingerprint density at radius 1 is 1.20 bits per heavy atom. The molecule has 2 fully saturated rings. The standard InChI is InChI=1S/C14H24N2O4/c1-3-14(11(17)18)7-5-9-16(14)12(19)15-8-4-6-13(2,20)10-15/h20H,3-10H2,1-2H3,(H,17,18). The molecular formula is C14H24N2O4. The van der Waals surface area contributed by atoms with Crippen molar-refractivity contribution in [3.8, 4) is 0 Å². The van der Waals surface area contributed by atoms with E-state index in [0.29, 0.717) is 32.4 Å². The molecule has 0 aliphatic carbocycles. The van der Waals surface area contributed by atoms with Crippen LogP contribution in [0.3, 0.4) is 0 Å². The molecule has 2 amide bonds. The number of likely N-dealkylation sites (tertiary alicyclic amines) is 2. The van der Waals surface area contributed by atoms with Crippen LogP contribution in [0, 0.1) is 0 Å². The van der Waals surface area contributed by atoms with Gasteiger partial charge < -0.3 is 20.0 Å². The van der Waals surface area contributed by atoms with E-state index in [1.165, 1.54) is 4.90 Å². The van der Waals surface area contributed by atoms with Gasteiger partial charge in [-0.25, -0.2) is 9.59 Å². The van der Waals surface area contributed by atoms with Crippen LogP contribution in [-0.4, -0.2) is 62.8 Å². The quantitative estimate of drug-likeness (QED) is 0.800. The van der Waals surface area contributed by atoms with Crippen molar-refractivity contribution in [1.82, 2.24) is 9.80 Å². The van der Waals surface area contributed by atoms with E-state index in [-0.39, 0.29) is 12.6 Å². The number of amides is 2. The lowest BCUT2D eigenvalue weighted by Gasteiger charge is -2.42. The second kappa shape index (κ2) is 5.24. The number of carboxylic acids is 1. The summed E-state index contributed by atoms with van der Waals surface area (Å²) < 4.78 is 0. The van der Waals surface area contributed by atoms with Crippen molar-refractivity contribution in [2.75, 3.05) is 19.6 Å². The number of hydrogen-bond donors (Lipinski definition) is 2. The fourth-order valence-corrected chi connectivity index (χ4v) is 3.45. The summed E-state index contributed by atoms with van der Waals surface area (Å²) in [6, 6.07) is -0.244. The van der Waals surface area contributed by atoms with Gasteiger partial charge in [0.1, 0.15) is 5.54 Å². The van der Waals surface area contributed by atoms with E-state index in [1.807, 2.05) is 6.92 Å². The summed E-state index contributed by atoms with van der Waals surface area (Å²) in [5.41, 5.74) is -1.94. The number of aliphatic hydroxyl groups is 1. The number of carbonyl (C=O) groups is 2. The van der Waals surface area contributed by atoms with Gasteiger partial charge in [0.15, 0.2) is 0 Å². The molecule has 0 bridgehead atoms. The Balaban J connectivity index is 2.17. The smallest absolute Gasteiger partial charge is 0.329 e. The van der Waals surface area contributed by atoms with Crippen molar-refractivity contribution in [3.63, 3.8) is 0 Å². The van der Waals surface area contributed by atoms with Crippen molar-refractivity contribution in [2.45, 2.75) is 57.1 Å². The van der Waals surface area contributed by atoms with Crippen LogP contribution in [0.25, 0.3) is 0 Å². The molecule has 0 radical (unpaired) electrons. The Hall–Kier alpha value is -1.30. The third-order valence-electron chi connectivity index (χ3n) is 4.65. The third-order valence-corrected chi connectivity index (χ3v) is 4.65. The molecule has 0 spiro atoms. The first-order chi connectivity index (χ1) is 9.32. The number of nitrogens with zero attached hydrogens (tertiary/aromatic N) is 2. The van der Waals surface area contributed by atoms with E-state index < -0.39 is 17.1 Å². The van der Waals surface area contributed by atoms with Crippen LogP contribution in [0.5, 0.6) is 0 Å². The van der Waals surface area contributed by atoms with E-state index in [4.69, 9.17) is 0 Å². The van der Waals surface area contributed by atoms with E-state index in [1.54, 1.807) is 11.8 Å². The molecule has 2 atom stereocenters. The summed E-state index contributed by atoms with van der Waals surface area (Å²) in [4.78, 5) is 27.4. The van der Waals surface area contributed by atoms with Gasteiger partial charge in [0.2, 0.25) is 0 Å². The number of hydrogen-bond acceptors (Lipinski definition) is 3. The van der Waals surface area contributed by atoms with Crippen LogP contribution < -0.4 is 0 Å². The van der Waals surface area contributed by atoms with Gasteiger partial charge >= 0.3 is 12.0 Å². The molecule has 0 aromatic rings. The van der Waals surface area contributed by atoms with Crippen molar-refractivity contribution >= 4 is 12.0 Å². The van der Waals surface area contributed by atoms with Crippen LogP contribution in [-0.2, 0) is 4.79 Å². The average Bonchev–Trinajstić information content (AvgIpc) is 2.81. The first-order valence-corrected chi connectivity index (χ1v) is 7.35. The average molecular weight is 284 g/mol. The molecular weight excluding hydrogens is 260 g/mol. The molecule has 2 N–H and O–H groups in total. The maximum Gasteiger partial charge on any atom is 0.329 e. The zero-order valence-corrected chi connectivity index (χ0v) is 12.3. The Morgan fingerprint density at radius 3 is 2.40 bits per heavy atom. The lowest BCUT2D eigenvalue weighted by atomic mass is 9.92. The van der Waals surface area contributed by atoms with Crippen LogP contribution in [0.15, 0.2) is 0 Å². The molecule has 114 valence electrons. The summed E-state index contributed by atoms with van der Waals surface area (Å²) >= 11 is 0. The number of aliphatic carboxylic acids is 1. The Kier molecular flexibility index (Phi) is 3.95. The summed E-state index contributed by atoms with van der Waals surface area (Å²) in [6.07, 6.45) is 3.07. The number of carboxylic acid groups (broad SMARTS) is 1. The second-order valence-corrected chi connectivity index (χ2v) is 6.25. The Labute approximate surface area is 119 Å². The van der Waals surface area contributed by atoms with Gasteiger partial charge in [0.25, 0.3) is 0 Å². The number of urea groups is 1. The van der Waals surface area contributed by atoms with Gasteiger partial charge in [0, 0.05) is 13.1 Å². The van der Waals surface area contributed by atoms with Gasteiger partial charge in [-0.2, -0.15) is 0 Å². The third kappa shape index (κ3) is 2.49. The van der Waals surface area contributed by atoms with E-state index in [0.717, 1.165) is 12.8 Å². The van der Waals surface area contributed by atoms with Gasteiger partial charge in [-0.1, -0.05) is 6.92 Å². The molecule has 0 aromatic carbocycles. The minimum absolute atomic E-state index is 0.244. The zero-order valence-electron chi connectivity index (χ0n) is 12.3. The highest BCUT2D eigenvalue weighted by Gasteiger charge is 2.50. The molecule has 6 heteroatoms. The highest BCUT2D eigenvalue weighted by Crippen LogP contribution is 2.34. The first-order valence-electron chi connectivity index (χ1n) is 7.35. The van der Waals surface area contributed by atoms with Crippen LogP contribution in [0.1, 0.15) is 46.0 Å². The normalized spacial score (nSPS) is 34.4. The number of carbonyl (C=O) groups excluding carboxylic acids is 1. The van der Waals surface area contributed by atoms with Crippen molar-refractivity contribution in [3.05, 3.63) is 0 Å². The largest absolute Gasteiger partial charge is 0.479 e. The fraction of sp³-hybridized carbons (Fsp3) is 0.857. The molecule has 6 nitrogen and oxygen atoms in total. The molecule has 20 heavy (non-hydrogen) atoms. The predicted octanol–water partition coefficient (Wildman–Crippen LogP) is 1.28. The van der Waals surface area contributed by atoms with Crippen LogP contribution in [0.4, 0.5) is 4.79 Å². The van der Waals surface area contributed by atoms with Crippen LogP contribution >= 0.6 is 0 Å². The Morgan fingerprint density at radius 2 is 1.85 bits per heavy atom. The Bertz CT molecular complexity index is 410. The molecule has 2 rings (SSSR count). The predicted molar refractivity (Wildman–Crippen MR) is 73.4 cm³/mol. The molecule has 2 aliphatic heterocycles. The summed E-state index contributed by atoms with van der Waals surface area (Å²) in [5.74, 6) is -0.922. The summed E-state index contributed by atoms with van der Waals surface area (Å²) in [6.45, 7) is 4.89. The monoisotopic (exact) mass is 284 g/mol. The molecule has 0 saturated carbocycles. The number of piperidine rings is 1. The number of β-amino-alcohol motifs (C(OH)–C–C–N with tert-alkyl or cyclic N) is 1. The van der Waals surface area contributed by atoms with Gasteiger partial charge in [0.05, 0.1) is 12.1 Å². The molecule has 0 aromatic heterocycles. The highest BCUT2D eigenvalue weighted by molar-refractivity contribution is 5.87. The maximum absolute atomic E-state index is 12.6. The molecule has 2 unspecified atom stereocenters. The topological polar surface area (TPSA) is 81.1 Å². The van der Waals surface area contributed by atoms with Gasteiger partial charge in [-0.05, 0) is 39.0 Å². The zero-order chi connectivity index (χ0) is 15.0. The maximum atomic E-state index is 12.6.